The minimum atomic E-state index is -0.145. The van der Waals surface area contributed by atoms with Crippen molar-refractivity contribution in [2.45, 2.75) is 25.6 Å². The Kier molecular flexibility index (Phi) is 7.04. The zero-order valence-electron chi connectivity index (χ0n) is 22.3. The van der Waals surface area contributed by atoms with Crippen LogP contribution in [-0.2, 0) is 24.2 Å². The van der Waals surface area contributed by atoms with Crippen LogP contribution < -0.4 is 20.5 Å². The molecule has 8 heteroatoms. The maximum absolute atomic E-state index is 11.8. The second-order valence-corrected chi connectivity index (χ2v) is 10.4. The normalized spacial score (nSPS) is 16.4. The van der Waals surface area contributed by atoms with E-state index in [0.29, 0.717) is 13.2 Å². The van der Waals surface area contributed by atoms with E-state index in [1.807, 2.05) is 32.4 Å². The monoisotopic (exact) mass is 523 g/mol. The second-order valence-electron chi connectivity index (χ2n) is 10.4. The van der Waals surface area contributed by atoms with E-state index in [4.69, 9.17) is 9.47 Å². The third kappa shape index (κ3) is 5.67. The Morgan fingerprint density at radius 1 is 1.10 bits per heavy atom. The Morgan fingerprint density at radius 3 is 2.90 bits per heavy atom. The van der Waals surface area contributed by atoms with E-state index in [1.54, 1.807) is 12.3 Å². The zero-order valence-corrected chi connectivity index (χ0v) is 22.3. The van der Waals surface area contributed by atoms with Gasteiger partial charge in [0.15, 0.2) is 0 Å². The van der Waals surface area contributed by atoms with Crippen LogP contribution in [0.4, 0.5) is 11.4 Å². The molecule has 2 aliphatic heterocycles. The van der Waals surface area contributed by atoms with Gasteiger partial charge in [0.1, 0.15) is 17.6 Å². The quantitative estimate of drug-likeness (QED) is 0.320. The lowest BCUT2D eigenvalue weighted by Crippen LogP contribution is -2.39. The number of pyridine rings is 2. The Labute approximate surface area is 228 Å². The summed E-state index contributed by atoms with van der Waals surface area (Å²) < 4.78 is 12.7. The smallest absolute Gasteiger partial charge is 0.249 e. The summed E-state index contributed by atoms with van der Waals surface area (Å²) in [5.74, 6) is 1.76. The number of nitrogens with zero attached hydrogens (tertiary/aromatic N) is 3. The Balaban J connectivity index is 1.17. The van der Waals surface area contributed by atoms with Crippen molar-refractivity contribution in [3.8, 4) is 11.5 Å². The van der Waals surface area contributed by atoms with Crippen LogP contribution in [0.25, 0.3) is 0 Å². The van der Waals surface area contributed by atoms with E-state index in [9.17, 15) is 4.79 Å². The first-order valence-corrected chi connectivity index (χ1v) is 13.3. The summed E-state index contributed by atoms with van der Waals surface area (Å²) in [6, 6.07) is 20.4. The molecule has 0 spiro atoms. The molecule has 2 N–H and O–H groups in total. The van der Waals surface area contributed by atoms with Gasteiger partial charge in [0, 0.05) is 73.6 Å². The highest BCUT2D eigenvalue weighted by atomic mass is 16.5. The highest BCUT2D eigenvalue weighted by Gasteiger charge is 2.28. The molecule has 0 bridgehead atoms. The molecule has 1 atom stereocenters. The van der Waals surface area contributed by atoms with E-state index in [0.717, 1.165) is 71.3 Å². The number of hydrogen-bond acceptors (Lipinski definition) is 7. The van der Waals surface area contributed by atoms with Crippen molar-refractivity contribution in [2.75, 3.05) is 44.0 Å². The van der Waals surface area contributed by atoms with Crippen molar-refractivity contribution in [3.05, 3.63) is 111 Å². The summed E-state index contributed by atoms with van der Waals surface area (Å²) >= 11 is 0. The standard InChI is InChI=1S/C31H33N5O3/c1-35(2)19-25-14-21(8-10-32-25)18-34-24-6-7-28-23(16-24)15-22-4-3-5-27(31(22)39-28)29-20-36(12-13-38-29)26-9-11-33-30(37)17-26/h3-11,14,16-17,29,34H,12-13,15,18-20H2,1-2H3,(H,33,37). The van der Waals surface area contributed by atoms with E-state index in [-0.39, 0.29) is 11.7 Å². The Morgan fingerprint density at radius 2 is 2.03 bits per heavy atom. The van der Waals surface area contributed by atoms with Gasteiger partial charge in [-0.2, -0.15) is 0 Å². The number of benzene rings is 2. The number of aromatic nitrogens is 2. The van der Waals surface area contributed by atoms with E-state index < -0.39 is 0 Å². The number of para-hydroxylation sites is 1. The number of hydrogen-bond donors (Lipinski definition) is 2. The van der Waals surface area contributed by atoms with Crippen molar-refractivity contribution in [2.24, 2.45) is 0 Å². The van der Waals surface area contributed by atoms with Gasteiger partial charge in [-0.1, -0.05) is 18.2 Å². The fraction of sp³-hybridized carbons (Fsp3) is 0.290. The maximum atomic E-state index is 11.8. The molecular weight excluding hydrogens is 490 g/mol. The molecule has 4 heterocycles. The first-order valence-electron chi connectivity index (χ1n) is 13.3. The van der Waals surface area contributed by atoms with Gasteiger partial charge in [-0.3, -0.25) is 9.78 Å². The van der Waals surface area contributed by atoms with Crippen LogP contribution in [0.5, 0.6) is 11.5 Å². The number of aromatic amines is 1. The molecule has 6 rings (SSSR count). The highest BCUT2D eigenvalue weighted by molar-refractivity contribution is 5.59. The van der Waals surface area contributed by atoms with Crippen molar-refractivity contribution in [1.82, 2.24) is 14.9 Å². The van der Waals surface area contributed by atoms with Gasteiger partial charge in [-0.25, -0.2) is 0 Å². The lowest BCUT2D eigenvalue weighted by molar-refractivity contribution is 0.0384. The van der Waals surface area contributed by atoms with Crippen LogP contribution in [0.15, 0.2) is 77.9 Å². The predicted octanol–water partition coefficient (Wildman–Crippen LogP) is 4.72. The molecule has 1 unspecified atom stereocenters. The third-order valence-corrected chi connectivity index (χ3v) is 7.17. The highest BCUT2D eigenvalue weighted by Crippen LogP contribution is 2.43. The molecule has 0 radical (unpaired) electrons. The van der Waals surface area contributed by atoms with Crippen LogP contribution in [0.2, 0.25) is 0 Å². The number of morpholine rings is 1. The van der Waals surface area contributed by atoms with Crippen molar-refractivity contribution < 1.29 is 9.47 Å². The van der Waals surface area contributed by atoms with Crippen LogP contribution in [0, 0.1) is 0 Å². The van der Waals surface area contributed by atoms with E-state index >= 15 is 0 Å². The van der Waals surface area contributed by atoms with Gasteiger partial charge in [-0.05, 0) is 61.6 Å². The summed E-state index contributed by atoms with van der Waals surface area (Å²) in [5, 5.41) is 3.56. The van der Waals surface area contributed by atoms with Gasteiger partial charge in [0.05, 0.1) is 12.3 Å². The lowest BCUT2D eigenvalue weighted by Gasteiger charge is -2.36. The summed E-state index contributed by atoms with van der Waals surface area (Å²) in [6.07, 6.45) is 4.21. The molecule has 1 saturated heterocycles. The first-order chi connectivity index (χ1) is 19.0. The lowest BCUT2D eigenvalue weighted by atomic mass is 9.95. The summed E-state index contributed by atoms with van der Waals surface area (Å²) in [7, 11) is 4.10. The molecule has 2 aliphatic rings. The average Bonchev–Trinajstić information content (AvgIpc) is 2.94. The van der Waals surface area contributed by atoms with Gasteiger partial charge < -0.3 is 29.6 Å². The number of rotatable bonds is 7. The second kappa shape index (κ2) is 10.9. The molecular formula is C31H33N5O3. The maximum Gasteiger partial charge on any atom is 0.249 e. The topological polar surface area (TPSA) is 82.7 Å². The van der Waals surface area contributed by atoms with Gasteiger partial charge in [-0.15, -0.1) is 0 Å². The van der Waals surface area contributed by atoms with Crippen molar-refractivity contribution >= 4 is 11.4 Å². The Hall–Kier alpha value is -4.14. The minimum absolute atomic E-state index is 0.101. The van der Waals surface area contributed by atoms with Crippen molar-refractivity contribution in [1.29, 1.82) is 0 Å². The van der Waals surface area contributed by atoms with Gasteiger partial charge >= 0.3 is 0 Å². The number of anilines is 2. The van der Waals surface area contributed by atoms with Crippen LogP contribution >= 0.6 is 0 Å². The molecule has 2 aromatic carbocycles. The SMILES string of the molecule is CN(C)Cc1cc(CNc2ccc3c(c2)Cc2cccc(C4CN(c5cc[nH]c(=O)c5)CCO4)c2O3)ccn1. The average molecular weight is 524 g/mol. The number of nitrogens with one attached hydrogen (secondary N) is 2. The van der Waals surface area contributed by atoms with Gasteiger partial charge in [0.2, 0.25) is 5.56 Å². The summed E-state index contributed by atoms with van der Waals surface area (Å²) in [4.78, 5) is 23.3. The van der Waals surface area contributed by atoms with Crippen molar-refractivity contribution in [3.63, 3.8) is 0 Å². The van der Waals surface area contributed by atoms with E-state index in [1.165, 1.54) is 5.56 Å². The first kappa shape index (κ1) is 25.2. The van der Waals surface area contributed by atoms with Crippen LogP contribution in [-0.4, -0.2) is 48.7 Å². The number of ether oxygens (including phenoxy) is 2. The van der Waals surface area contributed by atoms with Gasteiger partial charge in [0.25, 0.3) is 0 Å². The molecule has 2 aromatic heterocycles. The molecule has 39 heavy (non-hydrogen) atoms. The predicted molar refractivity (Wildman–Crippen MR) is 153 cm³/mol. The molecule has 0 saturated carbocycles. The van der Waals surface area contributed by atoms with E-state index in [2.05, 4.69) is 67.5 Å². The summed E-state index contributed by atoms with van der Waals surface area (Å²) in [6.45, 7) is 3.53. The molecule has 4 aromatic rings. The third-order valence-electron chi connectivity index (χ3n) is 7.17. The fourth-order valence-electron chi connectivity index (χ4n) is 5.32. The van der Waals surface area contributed by atoms with Crippen LogP contribution in [0.3, 0.4) is 0 Å². The zero-order chi connectivity index (χ0) is 26.8. The molecule has 1 fully saturated rings. The molecule has 0 aliphatic carbocycles. The Bertz CT molecular complexity index is 1530. The molecule has 8 nitrogen and oxygen atoms in total. The molecule has 200 valence electrons. The number of H-pyrrole nitrogens is 1. The molecule has 0 amide bonds. The largest absolute Gasteiger partial charge is 0.456 e. The van der Waals surface area contributed by atoms with Crippen LogP contribution in [0.1, 0.15) is 34.1 Å². The summed E-state index contributed by atoms with van der Waals surface area (Å²) in [5.41, 5.74) is 7.48. The fourth-order valence-corrected chi connectivity index (χ4v) is 5.32. The minimum Gasteiger partial charge on any atom is -0.456 e. The number of fused-ring (bicyclic) bond motifs is 2.